The van der Waals surface area contributed by atoms with Crippen molar-refractivity contribution < 1.29 is 30.7 Å². The summed E-state index contributed by atoms with van der Waals surface area (Å²) in [6.07, 6.45) is -4.11. The molecule has 7 nitrogen and oxygen atoms in total. The van der Waals surface area contributed by atoms with Crippen LogP contribution in [0.25, 0.3) is 22.0 Å². The number of aromatic nitrogens is 4. The van der Waals surface area contributed by atoms with Crippen molar-refractivity contribution >= 4 is 16.5 Å². The Kier molecular flexibility index (Phi) is 7.12. The number of rotatable bonds is 7. The second kappa shape index (κ2) is 10.3. The number of aryl methyl sites for hydroxylation is 1. The van der Waals surface area contributed by atoms with Crippen LogP contribution in [0.15, 0.2) is 52.4 Å². The predicted octanol–water partition coefficient (Wildman–Crippen LogP) is 5.57. The number of H-pyrrole nitrogens is 1. The Bertz CT molecular complexity index is 1750. The van der Waals surface area contributed by atoms with Crippen molar-refractivity contribution in [3.05, 3.63) is 86.1 Å². The number of hydrogen-bond acceptors (Lipinski definition) is 5. The Morgan fingerprint density at radius 2 is 1.93 bits per heavy atom. The van der Waals surface area contributed by atoms with Crippen LogP contribution in [0.1, 0.15) is 36.5 Å². The van der Waals surface area contributed by atoms with E-state index in [1.807, 2.05) is 0 Å². The lowest BCUT2D eigenvalue weighted by atomic mass is 10.0. The zero-order chi connectivity index (χ0) is 29.7. The molecule has 3 heterocycles. The average Bonchev–Trinajstić information content (AvgIpc) is 3.18. The molecule has 0 bridgehead atoms. The highest BCUT2D eigenvalue weighted by Crippen LogP contribution is 2.42. The van der Waals surface area contributed by atoms with Crippen LogP contribution in [0.2, 0.25) is 0 Å². The van der Waals surface area contributed by atoms with Crippen molar-refractivity contribution in [3.8, 4) is 11.3 Å². The first-order valence-electron chi connectivity index (χ1n) is 12.5. The van der Waals surface area contributed by atoms with E-state index in [1.54, 1.807) is 5.10 Å². The molecule has 0 radical (unpaired) electrons. The summed E-state index contributed by atoms with van der Waals surface area (Å²) in [6, 6.07) is 4.33. The quantitative estimate of drug-likeness (QED) is 0.279. The number of hydrogen-bond donors (Lipinski definition) is 2. The van der Waals surface area contributed by atoms with Crippen molar-refractivity contribution in [1.82, 2.24) is 19.7 Å². The van der Waals surface area contributed by atoms with Gasteiger partial charge in [0.15, 0.2) is 0 Å². The molecule has 14 heteroatoms. The van der Waals surface area contributed by atoms with Crippen molar-refractivity contribution in [1.29, 1.82) is 0 Å². The SMILES string of the molecule is C[C@@H](C[C@H](F)Cn1ccc2cc(-c3cc4c(cn3)C(F)(F)CC4)c(F)cc2c1=O)Nc1cn[nH]c(=O)c1C(F)(F)F. The third-order valence-corrected chi connectivity index (χ3v) is 6.98. The molecule has 1 aliphatic carbocycles. The monoisotopic (exact) mass is 581 g/mol. The van der Waals surface area contributed by atoms with Crippen molar-refractivity contribution in [2.75, 3.05) is 5.32 Å². The van der Waals surface area contributed by atoms with Gasteiger partial charge in [-0.05, 0) is 48.6 Å². The van der Waals surface area contributed by atoms with Gasteiger partial charge in [0, 0.05) is 42.4 Å². The molecular weight excluding hydrogens is 559 g/mol. The Morgan fingerprint density at radius 1 is 1.17 bits per heavy atom. The highest BCUT2D eigenvalue weighted by atomic mass is 19.4. The molecule has 2 atom stereocenters. The van der Waals surface area contributed by atoms with Crippen LogP contribution < -0.4 is 16.4 Å². The zero-order valence-electron chi connectivity index (χ0n) is 21.3. The van der Waals surface area contributed by atoms with Gasteiger partial charge in [-0.3, -0.25) is 14.6 Å². The fourth-order valence-electron chi connectivity index (χ4n) is 5.04. The molecule has 41 heavy (non-hydrogen) atoms. The summed E-state index contributed by atoms with van der Waals surface area (Å²) in [4.78, 5) is 28.6. The molecule has 0 spiro atoms. The minimum Gasteiger partial charge on any atom is -0.381 e. The summed E-state index contributed by atoms with van der Waals surface area (Å²) in [5, 5.41) is 7.77. The summed E-state index contributed by atoms with van der Waals surface area (Å²) in [5.41, 5.74) is -3.91. The Hall–Kier alpha value is -4.23. The number of aromatic amines is 1. The predicted molar refractivity (Wildman–Crippen MR) is 136 cm³/mol. The first-order valence-corrected chi connectivity index (χ1v) is 12.5. The number of fused-ring (bicyclic) bond motifs is 2. The first-order chi connectivity index (χ1) is 19.2. The molecule has 3 aromatic heterocycles. The normalized spacial score (nSPS) is 16.0. The van der Waals surface area contributed by atoms with E-state index in [2.05, 4.69) is 15.4 Å². The molecule has 1 aliphatic rings. The van der Waals surface area contributed by atoms with E-state index in [1.165, 1.54) is 31.3 Å². The highest BCUT2D eigenvalue weighted by molar-refractivity contribution is 5.86. The standard InChI is InChI=1S/C27H22F7N5O2/c1-13(37-22-11-36-38-24(40)23(22)27(32,33)34)6-16(28)12-39-5-3-14-7-18(20(29)9-17(14)25(39)41)21-8-15-2-4-26(30,31)19(15)10-35-21/h3,5,7-11,13,16H,2,4,6,12H2,1H3,(H2,37,38,40)/t13-,16-/m0/s1. The van der Waals surface area contributed by atoms with E-state index >= 15 is 4.39 Å². The number of nitrogens with one attached hydrogen (secondary N) is 2. The Labute approximate surface area is 227 Å². The lowest BCUT2D eigenvalue weighted by molar-refractivity contribution is -0.138. The van der Waals surface area contributed by atoms with Gasteiger partial charge < -0.3 is 9.88 Å². The molecule has 5 rings (SSSR count). The van der Waals surface area contributed by atoms with E-state index in [4.69, 9.17) is 0 Å². The molecule has 216 valence electrons. The van der Waals surface area contributed by atoms with E-state index in [9.17, 15) is 35.9 Å². The fourth-order valence-corrected chi connectivity index (χ4v) is 5.04. The van der Waals surface area contributed by atoms with Crippen LogP contribution in [0.5, 0.6) is 0 Å². The second-order valence-corrected chi connectivity index (χ2v) is 9.99. The second-order valence-electron chi connectivity index (χ2n) is 9.99. The number of pyridine rings is 2. The summed E-state index contributed by atoms with van der Waals surface area (Å²) >= 11 is 0. The number of alkyl halides is 6. The smallest absolute Gasteiger partial charge is 0.381 e. The maximum Gasteiger partial charge on any atom is 0.423 e. The van der Waals surface area contributed by atoms with Crippen LogP contribution in [0.4, 0.5) is 36.4 Å². The number of halogens is 7. The van der Waals surface area contributed by atoms with Gasteiger partial charge in [0.05, 0.1) is 29.5 Å². The van der Waals surface area contributed by atoms with Crippen molar-refractivity contribution in [2.24, 2.45) is 0 Å². The third-order valence-electron chi connectivity index (χ3n) is 6.98. The molecule has 4 aromatic rings. The number of anilines is 1. The summed E-state index contributed by atoms with van der Waals surface area (Å²) < 4.78 is 98.7. The van der Waals surface area contributed by atoms with Crippen molar-refractivity contribution in [3.63, 3.8) is 0 Å². The maximum absolute atomic E-state index is 15.1. The van der Waals surface area contributed by atoms with E-state index in [0.29, 0.717) is 10.9 Å². The maximum atomic E-state index is 15.1. The zero-order valence-corrected chi connectivity index (χ0v) is 21.3. The Morgan fingerprint density at radius 3 is 2.66 bits per heavy atom. The largest absolute Gasteiger partial charge is 0.423 e. The van der Waals surface area contributed by atoms with Crippen LogP contribution in [-0.2, 0) is 25.1 Å². The average molecular weight is 581 g/mol. The fraction of sp³-hybridized carbons (Fsp3) is 0.333. The topological polar surface area (TPSA) is 92.7 Å². The summed E-state index contributed by atoms with van der Waals surface area (Å²) in [7, 11) is 0. The van der Waals surface area contributed by atoms with Gasteiger partial charge in [0.25, 0.3) is 17.0 Å². The van der Waals surface area contributed by atoms with Gasteiger partial charge in [0.2, 0.25) is 0 Å². The van der Waals surface area contributed by atoms with Gasteiger partial charge in [-0.25, -0.2) is 22.7 Å². The van der Waals surface area contributed by atoms with Crippen LogP contribution in [-0.4, -0.2) is 32.0 Å². The summed E-state index contributed by atoms with van der Waals surface area (Å²) in [5.74, 6) is -3.80. The molecular formula is C27H22F7N5O2. The van der Waals surface area contributed by atoms with E-state index < -0.39 is 59.0 Å². The third kappa shape index (κ3) is 5.55. The minimum absolute atomic E-state index is 0.0170. The molecule has 2 N–H and O–H groups in total. The molecule has 0 unspecified atom stereocenters. The Balaban J connectivity index is 1.34. The summed E-state index contributed by atoms with van der Waals surface area (Å²) in [6.45, 7) is 0.937. The molecule has 0 amide bonds. The molecule has 0 saturated heterocycles. The number of nitrogens with zero attached hydrogens (tertiary/aromatic N) is 3. The van der Waals surface area contributed by atoms with Gasteiger partial charge in [-0.2, -0.15) is 18.3 Å². The molecule has 1 aromatic carbocycles. The lowest BCUT2D eigenvalue weighted by Crippen LogP contribution is -2.30. The van der Waals surface area contributed by atoms with Gasteiger partial charge in [-0.15, -0.1) is 0 Å². The number of benzene rings is 1. The van der Waals surface area contributed by atoms with Crippen LogP contribution >= 0.6 is 0 Å². The van der Waals surface area contributed by atoms with Crippen LogP contribution in [0, 0.1) is 5.82 Å². The van der Waals surface area contributed by atoms with Gasteiger partial charge in [0.1, 0.15) is 17.6 Å². The van der Waals surface area contributed by atoms with Crippen molar-refractivity contribution in [2.45, 2.75) is 57.0 Å². The minimum atomic E-state index is -4.97. The molecule has 0 saturated carbocycles. The van der Waals surface area contributed by atoms with Gasteiger partial charge in [-0.1, -0.05) is 0 Å². The molecule has 0 aliphatic heterocycles. The lowest BCUT2D eigenvalue weighted by Gasteiger charge is -2.20. The van der Waals surface area contributed by atoms with Crippen LogP contribution in [0.3, 0.4) is 0 Å². The van der Waals surface area contributed by atoms with Gasteiger partial charge >= 0.3 is 6.18 Å². The first kappa shape index (κ1) is 28.3. The molecule has 0 fully saturated rings. The highest BCUT2D eigenvalue weighted by Gasteiger charge is 2.40. The van der Waals surface area contributed by atoms with E-state index in [-0.39, 0.29) is 41.5 Å². The van der Waals surface area contributed by atoms with E-state index in [0.717, 1.165) is 23.0 Å².